The molecule has 0 unspecified atom stereocenters. The molecule has 1 aromatic rings. The highest BCUT2D eigenvalue weighted by Crippen LogP contribution is 2.27. The highest BCUT2D eigenvalue weighted by Gasteiger charge is 2.43. The van der Waals surface area contributed by atoms with E-state index >= 15 is 0 Å². The zero-order valence-electron chi connectivity index (χ0n) is 11.4. The van der Waals surface area contributed by atoms with Gasteiger partial charge in [-0.1, -0.05) is 18.2 Å². The number of hydrogen-bond donors (Lipinski definition) is 2. The average molecular weight is 302 g/mol. The second-order valence-corrected chi connectivity index (χ2v) is 5.18. The van der Waals surface area contributed by atoms with Gasteiger partial charge in [0, 0.05) is 18.8 Å². The van der Waals surface area contributed by atoms with E-state index < -0.39 is 24.2 Å². The highest BCUT2D eigenvalue weighted by molar-refractivity contribution is 5.79. The van der Waals surface area contributed by atoms with E-state index in [1.54, 1.807) is 0 Å². The van der Waals surface area contributed by atoms with Crippen LogP contribution in [0, 0.1) is 0 Å². The molecular formula is C14H17F3N2O2. The molecule has 1 aromatic carbocycles. The molecule has 2 N–H and O–H groups in total. The summed E-state index contributed by atoms with van der Waals surface area (Å²) in [5.41, 5.74) is -0.548. The Morgan fingerprint density at radius 2 is 1.81 bits per heavy atom. The van der Waals surface area contributed by atoms with Gasteiger partial charge in [-0.15, -0.1) is 0 Å². The van der Waals surface area contributed by atoms with E-state index in [-0.39, 0.29) is 12.8 Å². The first-order chi connectivity index (χ1) is 9.82. The Kier molecular flexibility index (Phi) is 4.41. The fourth-order valence-corrected chi connectivity index (χ4v) is 2.52. The number of carboxylic acids is 1. The van der Waals surface area contributed by atoms with Crippen molar-refractivity contribution in [2.45, 2.75) is 24.6 Å². The van der Waals surface area contributed by atoms with Gasteiger partial charge in [-0.2, -0.15) is 13.2 Å². The molecule has 0 amide bonds. The maximum absolute atomic E-state index is 12.3. The van der Waals surface area contributed by atoms with Crippen LogP contribution < -0.4 is 10.2 Å². The lowest BCUT2D eigenvalue weighted by Crippen LogP contribution is -2.60. The molecule has 116 valence electrons. The fraction of sp³-hybridized carbons (Fsp3) is 0.500. The minimum Gasteiger partial charge on any atom is -0.480 e. The summed E-state index contributed by atoms with van der Waals surface area (Å²) in [6.07, 6.45) is -4.15. The molecule has 1 aliphatic rings. The van der Waals surface area contributed by atoms with Crippen molar-refractivity contribution in [3.05, 3.63) is 30.3 Å². The van der Waals surface area contributed by atoms with Crippen LogP contribution in [0.15, 0.2) is 30.3 Å². The lowest BCUT2D eigenvalue weighted by Gasteiger charge is -2.40. The molecule has 0 bridgehead atoms. The lowest BCUT2D eigenvalue weighted by atomic mass is 9.87. The van der Waals surface area contributed by atoms with Gasteiger partial charge in [0.05, 0.1) is 6.54 Å². The molecule has 21 heavy (non-hydrogen) atoms. The van der Waals surface area contributed by atoms with E-state index in [2.05, 4.69) is 5.32 Å². The number of rotatable bonds is 4. The molecule has 0 spiro atoms. The number of aliphatic carboxylic acids is 1. The SMILES string of the molecule is O=C(O)C1(NCC(F)(F)F)CCN(c2ccccc2)CC1. The quantitative estimate of drug-likeness (QED) is 0.896. The summed E-state index contributed by atoms with van der Waals surface area (Å²) in [7, 11) is 0. The zero-order valence-corrected chi connectivity index (χ0v) is 11.4. The summed E-state index contributed by atoms with van der Waals surface area (Å²) < 4.78 is 37.0. The van der Waals surface area contributed by atoms with Crippen LogP contribution in [0.25, 0.3) is 0 Å². The second-order valence-electron chi connectivity index (χ2n) is 5.18. The molecular weight excluding hydrogens is 285 g/mol. The number of alkyl halides is 3. The predicted molar refractivity (Wildman–Crippen MR) is 72.3 cm³/mol. The number of nitrogens with zero attached hydrogens (tertiary/aromatic N) is 1. The molecule has 0 atom stereocenters. The molecule has 1 fully saturated rings. The second kappa shape index (κ2) is 5.93. The number of piperidine rings is 1. The number of benzene rings is 1. The summed E-state index contributed by atoms with van der Waals surface area (Å²) in [4.78, 5) is 13.4. The van der Waals surface area contributed by atoms with Crippen molar-refractivity contribution in [2.75, 3.05) is 24.5 Å². The Hall–Kier alpha value is -1.76. The summed E-state index contributed by atoms with van der Waals surface area (Å²) >= 11 is 0. The summed E-state index contributed by atoms with van der Waals surface area (Å²) in [6.45, 7) is -0.479. The summed E-state index contributed by atoms with van der Waals surface area (Å²) in [6, 6.07) is 9.42. The molecule has 0 aliphatic carbocycles. The van der Waals surface area contributed by atoms with Crippen LogP contribution in [-0.2, 0) is 4.79 Å². The van der Waals surface area contributed by atoms with E-state index in [1.165, 1.54) is 0 Å². The van der Waals surface area contributed by atoms with E-state index in [1.807, 2.05) is 35.2 Å². The number of carboxylic acid groups (broad SMARTS) is 1. The number of anilines is 1. The molecule has 0 aromatic heterocycles. The number of nitrogens with one attached hydrogen (secondary N) is 1. The molecule has 1 saturated heterocycles. The minimum atomic E-state index is -4.42. The molecule has 2 rings (SSSR count). The van der Waals surface area contributed by atoms with Crippen molar-refractivity contribution in [1.82, 2.24) is 5.32 Å². The van der Waals surface area contributed by atoms with Crippen molar-refractivity contribution >= 4 is 11.7 Å². The predicted octanol–water partition coefficient (Wildman–Crippen LogP) is 2.26. The third kappa shape index (κ3) is 3.87. The van der Waals surface area contributed by atoms with Crippen molar-refractivity contribution in [2.24, 2.45) is 0 Å². The summed E-state index contributed by atoms with van der Waals surface area (Å²) in [5.74, 6) is -1.22. The fourth-order valence-electron chi connectivity index (χ4n) is 2.52. The van der Waals surface area contributed by atoms with Crippen LogP contribution in [0.5, 0.6) is 0 Å². The first-order valence-corrected chi connectivity index (χ1v) is 6.68. The van der Waals surface area contributed by atoms with Gasteiger partial charge in [0.2, 0.25) is 0 Å². The molecule has 0 radical (unpaired) electrons. The maximum Gasteiger partial charge on any atom is 0.401 e. The summed E-state index contributed by atoms with van der Waals surface area (Å²) in [5, 5.41) is 11.5. The Morgan fingerprint density at radius 3 is 2.29 bits per heavy atom. The van der Waals surface area contributed by atoms with Crippen LogP contribution in [0.3, 0.4) is 0 Å². The largest absolute Gasteiger partial charge is 0.480 e. The van der Waals surface area contributed by atoms with Crippen LogP contribution in [0.4, 0.5) is 18.9 Å². The van der Waals surface area contributed by atoms with E-state index in [4.69, 9.17) is 0 Å². The van der Waals surface area contributed by atoms with Gasteiger partial charge >= 0.3 is 12.1 Å². The molecule has 7 heteroatoms. The third-order valence-corrected chi connectivity index (χ3v) is 3.77. The normalized spacial score (nSPS) is 18.5. The lowest BCUT2D eigenvalue weighted by molar-refractivity contribution is -0.151. The Labute approximate surface area is 120 Å². The van der Waals surface area contributed by atoms with E-state index in [0.717, 1.165) is 5.69 Å². The van der Waals surface area contributed by atoms with Crippen LogP contribution >= 0.6 is 0 Å². The standard InChI is InChI=1S/C14H17F3N2O2/c15-14(16,17)10-18-13(12(20)21)6-8-19(9-7-13)11-4-2-1-3-5-11/h1-5,18H,6-10H2,(H,20,21). The van der Waals surface area contributed by atoms with Crippen molar-refractivity contribution < 1.29 is 23.1 Å². The maximum atomic E-state index is 12.3. The van der Waals surface area contributed by atoms with Crippen molar-refractivity contribution in [1.29, 1.82) is 0 Å². The van der Waals surface area contributed by atoms with Gasteiger partial charge in [-0.3, -0.25) is 10.1 Å². The zero-order chi connectivity index (χ0) is 15.5. The average Bonchev–Trinajstić information content (AvgIpc) is 2.46. The third-order valence-electron chi connectivity index (χ3n) is 3.77. The van der Waals surface area contributed by atoms with Crippen molar-refractivity contribution in [3.8, 4) is 0 Å². The number of carbonyl (C=O) groups is 1. The van der Waals surface area contributed by atoms with Gasteiger partial charge < -0.3 is 10.0 Å². The molecule has 1 heterocycles. The van der Waals surface area contributed by atoms with Gasteiger partial charge in [0.25, 0.3) is 0 Å². The number of hydrogen-bond acceptors (Lipinski definition) is 3. The highest BCUT2D eigenvalue weighted by atomic mass is 19.4. The van der Waals surface area contributed by atoms with Gasteiger partial charge in [0.1, 0.15) is 5.54 Å². The topological polar surface area (TPSA) is 52.6 Å². The molecule has 0 saturated carbocycles. The first-order valence-electron chi connectivity index (χ1n) is 6.68. The van der Waals surface area contributed by atoms with E-state index in [0.29, 0.717) is 13.1 Å². The Balaban J connectivity index is 2.02. The van der Waals surface area contributed by atoms with Gasteiger partial charge in [-0.05, 0) is 25.0 Å². The first kappa shape index (κ1) is 15.6. The van der Waals surface area contributed by atoms with Crippen LogP contribution in [0.1, 0.15) is 12.8 Å². The van der Waals surface area contributed by atoms with Crippen LogP contribution in [-0.4, -0.2) is 42.4 Å². The molecule has 4 nitrogen and oxygen atoms in total. The minimum absolute atomic E-state index is 0.132. The van der Waals surface area contributed by atoms with E-state index in [9.17, 15) is 23.1 Å². The Morgan fingerprint density at radius 1 is 1.24 bits per heavy atom. The van der Waals surface area contributed by atoms with Crippen molar-refractivity contribution in [3.63, 3.8) is 0 Å². The monoisotopic (exact) mass is 302 g/mol. The van der Waals surface area contributed by atoms with Gasteiger partial charge in [-0.25, -0.2) is 0 Å². The van der Waals surface area contributed by atoms with Crippen LogP contribution in [0.2, 0.25) is 0 Å². The number of para-hydroxylation sites is 1. The number of halogens is 3. The smallest absolute Gasteiger partial charge is 0.401 e. The van der Waals surface area contributed by atoms with Gasteiger partial charge in [0.15, 0.2) is 0 Å². The Bertz CT molecular complexity index is 483. The molecule has 1 aliphatic heterocycles.